The Kier molecular flexibility index (Phi) is 3.33. The maximum absolute atomic E-state index is 11.6. The lowest BCUT2D eigenvalue weighted by atomic mass is 10.3. The minimum Gasteiger partial charge on any atom is -0.328 e. The summed E-state index contributed by atoms with van der Waals surface area (Å²) in [5.74, 6) is 1.46. The highest BCUT2D eigenvalue weighted by molar-refractivity contribution is 5.93. The molecule has 2 aromatic rings. The number of amides is 1. The van der Waals surface area contributed by atoms with Gasteiger partial charge >= 0.3 is 0 Å². The Balaban J connectivity index is 1.70. The van der Waals surface area contributed by atoms with Crippen LogP contribution in [0.5, 0.6) is 0 Å². The first kappa shape index (κ1) is 12.6. The van der Waals surface area contributed by atoms with Gasteiger partial charge in [-0.1, -0.05) is 18.2 Å². The number of hydrogen-bond donors (Lipinski definition) is 1. The van der Waals surface area contributed by atoms with Gasteiger partial charge in [-0.15, -0.1) is 10.2 Å². The van der Waals surface area contributed by atoms with Crippen LogP contribution in [0.15, 0.2) is 42.5 Å². The summed E-state index contributed by atoms with van der Waals surface area (Å²) in [6, 6.07) is 13.6. The van der Waals surface area contributed by atoms with Crippen LogP contribution in [0.25, 0.3) is 0 Å². The SMILES string of the molecule is CN(c1ccccc1)c1ccc(NC(=O)C2CC2)nn1. The number of carbonyl (C=O) groups is 1. The predicted molar refractivity (Wildman–Crippen MR) is 77.9 cm³/mol. The summed E-state index contributed by atoms with van der Waals surface area (Å²) in [5.41, 5.74) is 1.04. The number of hydrogen-bond acceptors (Lipinski definition) is 4. The van der Waals surface area contributed by atoms with Crippen molar-refractivity contribution in [2.75, 3.05) is 17.3 Å². The fraction of sp³-hybridized carbons (Fsp3) is 0.267. The van der Waals surface area contributed by atoms with E-state index in [1.54, 1.807) is 6.07 Å². The van der Waals surface area contributed by atoms with E-state index in [0.29, 0.717) is 5.82 Å². The van der Waals surface area contributed by atoms with Gasteiger partial charge in [-0.3, -0.25) is 4.79 Å². The van der Waals surface area contributed by atoms with Crippen molar-refractivity contribution in [2.24, 2.45) is 5.92 Å². The molecule has 1 amide bonds. The third-order valence-corrected chi connectivity index (χ3v) is 3.34. The van der Waals surface area contributed by atoms with Crippen LogP contribution in [0.3, 0.4) is 0 Å². The molecule has 0 aliphatic heterocycles. The Hall–Kier alpha value is -2.43. The Morgan fingerprint density at radius 3 is 2.50 bits per heavy atom. The molecule has 0 saturated heterocycles. The zero-order chi connectivity index (χ0) is 13.9. The van der Waals surface area contributed by atoms with Crippen LogP contribution in [0.1, 0.15) is 12.8 Å². The summed E-state index contributed by atoms with van der Waals surface area (Å²) >= 11 is 0. The minimum absolute atomic E-state index is 0.0449. The monoisotopic (exact) mass is 268 g/mol. The number of nitrogens with one attached hydrogen (secondary N) is 1. The smallest absolute Gasteiger partial charge is 0.228 e. The molecule has 1 fully saturated rings. The highest BCUT2D eigenvalue weighted by Gasteiger charge is 2.29. The van der Waals surface area contributed by atoms with Gasteiger partial charge in [0.05, 0.1) is 0 Å². The average Bonchev–Trinajstić information content (AvgIpc) is 3.33. The topological polar surface area (TPSA) is 58.1 Å². The molecule has 1 aromatic heterocycles. The second-order valence-electron chi connectivity index (χ2n) is 4.93. The van der Waals surface area contributed by atoms with Crippen molar-refractivity contribution in [3.05, 3.63) is 42.5 Å². The van der Waals surface area contributed by atoms with Crippen LogP contribution >= 0.6 is 0 Å². The molecule has 0 atom stereocenters. The summed E-state index contributed by atoms with van der Waals surface area (Å²) < 4.78 is 0. The minimum atomic E-state index is 0.0449. The van der Waals surface area contributed by atoms with Crippen molar-refractivity contribution in [3.8, 4) is 0 Å². The lowest BCUT2D eigenvalue weighted by Crippen LogP contribution is -2.16. The zero-order valence-electron chi connectivity index (χ0n) is 11.3. The number of aromatic nitrogens is 2. The third kappa shape index (κ3) is 2.77. The summed E-state index contributed by atoms with van der Waals surface area (Å²) in [5, 5.41) is 11.0. The van der Waals surface area contributed by atoms with E-state index in [2.05, 4.69) is 15.5 Å². The van der Waals surface area contributed by atoms with E-state index < -0.39 is 0 Å². The second kappa shape index (κ2) is 5.28. The van der Waals surface area contributed by atoms with E-state index in [1.807, 2.05) is 48.3 Å². The van der Waals surface area contributed by atoms with Crippen LogP contribution in [0.2, 0.25) is 0 Å². The van der Waals surface area contributed by atoms with Gasteiger partial charge < -0.3 is 10.2 Å². The first-order valence-electron chi connectivity index (χ1n) is 6.67. The fourth-order valence-electron chi connectivity index (χ4n) is 1.93. The molecule has 0 spiro atoms. The van der Waals surface area contributed by atoms with Gasteiger partial charge in [0.15, 0.2) is 11.6 Å². The Morgan fingerprint density at radius 2 is 1.90 bits per heavy atom. The van der Waals surface area contributed by atoms with E-state index >= 15 is 0 Å². The van der Waals surface area contributed by atoms with Gasteiger partial charge in [0.1, 0.15) is 0 Å². The predicted octanol–water partition coefficient (Wildman–Crippen LogP) is 2.59. The second-order valence-corrected chi connectivity index (χ2v) is 4.93. The lowest BCUT2D eigenvalue weighted by molar-refractivity contribution is -0.117. The normalized spacial score (nSPS) is 13.8. The molecule has 0 unspecified atom stereocenters. The maximum Gasteiger partial charge on any atom is 0.228 e. The van der Waals surface area contributed by atoms with E-state index in [9.17, 15) is 4.79 Å². The lowest BCUT2D eigenvalue weighted by Gasteiger charge is -2.17. The van der Waals surface area contributed by atoms with E-state index in [0.717, 1.165) is 24.3 Å². The Bertz CT molecular complexity index is 593. The van der Waals surface area contributed by atoms with Crippen molar-refractivity contribution >= 4 is 23.2 Å². The van der Waals surface area contributed by atoms with Gasteiger partial charge in [0, 0.05) is 18.7 Å². The van der Waals surface area contributed by atoms with Crippen LogP contribution in [-0.2, 0) is 4.79 Å². The van der Waals surface area contributed by atoms with Gasteiger partial charge in [0.25, 0.3) is 0 Å². The van der Waals surface area contributed by atoms with Gasteiger partial charge in [-0.25, -0.2) is 0 Å². The fourth-order valence-corrected chi connectivity index (χ4v) is 1.93. The zero-order valence-corrected chi connectivity index (χ0v) is 11.3. The Morgan fingerprint density at radius 1 is 1.15 bits per heavy atom. The molecule has 102 valence electrons. The maximum atomic E-state index is 11.6. The molecule has 3 rings (SSSR count). The summed E-state index contributed by atoms with van der Waals surface area (Å²) in [6.07, 6.45) is 1.96. The van der Waals surface area contributed by atoms with Gasteiger partial charge in [-0.2, -0.15) is 0 Å². The van der Waals surface area contributed by atoms with Crippen molar-refractivity contribution in [1.29, 1.82) is 0 Å². The first-order valence-corrected chi connectivity index (χ1v) is 6.67. The standard InChI is InChI=1S/C15H16N4O/c1-19(12-5-3-2-4-6-12)14-10-9-13(17-18-14)16-15(20)11-7-8-11/h2-6,9-11H,7-8H2,1H3,(H,16,17,20). The molecule has 1 heterocycles. The van der Waals surface area contributed by atoms with E-state index in [1.165, 1.54) is 0 Å². The van der Waals surface area contributed by atoms with Gasteiger partial charge in [0.2, 0.25) is 5.91 Å². The molecule has 1 saturated carbocycles. The molecule has 1 aliphatic carbocycles. The summed E-state index contributed by atoms with van der Waals surface area (Å²) in [7, 11) is 1.93. The van der Waals surface area contributed by atoms with Crippen LogP contribution < -0.4 is 10.2 Å². The van der Waals surface area contributed by atoms with Crippen molar-refractivity contribution in [1.82, 2.24) is 10.2 Å². The van der Waals surface area contributed by atoms with Crippen LogP contribution in [0.4, 0.5) is 17.3 Å². The van der Waals surface area contributed by atoms with Gasteiger partial charge in [-0.05, 0) is 37.1 Å². The number of rotatable bonds is 4. The molecular formula is C15H16N4O. The number of benzene rings is 1. The summed E-state index contributed by atoms with van der Waals surface area (Å²) in [4.78, 5) is 13.6. The third-order valence-electron chi connectivity index (χ3n) is 3.34. The van der Waals surface area contributed by atoms with Crippen LogP contribution in [0, 0.1) is 5.92 Å². The highest BCUT2D eigenvalue weighted by atomic mass is 16.2. The van der Waals surface area contributed by atoms with Crippen molar-refractivity contribution in [2.45, 2.75) is 12.8 Å². The van der Waals surface area contributed by atoms with Crippen LogP contribution in [-0.4, -0.2) is 23.2 Å². The molecule has 0 radical (unpaired) electrons. The molecule has 20 heavy (non-hydrogen) atoms. The average molecular weight is 268 g/mol. The van der Waals surface area contributed by atoms with Crippen molar-refractivity contribution < 1.29 is 4.79 Å². The largest absolute Gasteiger partial charge is 0.328 e. The molecule has 0 bridgehead atoms. The Labute approximate surface area is 117 Å². The molecule has 5 heteroatoms. The quantitative estimate of drug-likeness (QED) is 0.926. The molecule has 1 aliphatic rings. The molecule has 1 N–H and O–H groups in total. The highest BCUT2D eigenvalue weighted by Crippen LogP contribution is 2.30. The summed E-state index contributed by atoms with van der Waals surface area (Å²) in [6.45, 7) is 0. The van der Waals surface area contributed by atoms with Crippen molar-refractivity contribution in [3.63, 3.8) is 0 Å². The number of carbonyl (C=O) groups excluding carboxylic acids is 1. The number of nitrogens with zero attached hydrogens (tertiary/aromatic N) is 3. The first-order chi connectivity index (χ1) is 9.74. The number of anilines is 3. The van der Waals surface area contributed by atoms with E-state index in [4.69, 9.17) is 0 Å². The molecular weight excluding hydrogens is 252 g/mol. The number of para-hydroxylation sites is 1. The molecule has 5 nitrogen and oxygen atoms in total. The molecule has 1 aromatic carbocycles. The van der Waals surface area contributed by atoms with E-state index in [-0.39, 0.29) is 11.8 Å².